The lowest BCUT2D eigenvalue weighted by molar-refractivity contribution is 0.155. The molecule has 0 bridgehead atoms. The summed E-state index contributed by atoms with van der Waals surface area (Å²) in [4.78, 5) is 18.4. The second kappa shape index (κ2) is 6.10. The number of benzene rings is 1. The first-order valence-corrected chi connectivity index (χ1v) is 5.68. The van der Waals surface area contributed by atoms with Crippen molar-refractivity contribution in [2.24, 2.45) is 0 Å². The summed E-state index contributed by atoms with van der Waals surface area (Å²) >= 11 is 5.45. The van der Waals surface area contributed by atoms with Crippen LogP contribution in [0.15, 0.2) is 36.7 Å². The molecule has 19 heavy (non-hydrogen) atoms. The van der Waals surface area contributed by atoms with Crippen LogP contribution in [0, 0.1) is 5.82 Å². The summed E-state index contributed by atoms with van der Waals surface area (Å²) in [7, 11) is 0. The van der Waals surface area contributed by atoms with Crippen LogP contribution in [-0.2, 0) is 11.3 Å². The molecule has 1 amide bonds. The van der Waals surface area contributed by atoms with Crippen molar-refractivity contribution in [3.8, 4) is 0 Å². The third-order valence-corrected chi connectivity index (χ3v) is 2.44. The van der Waals surface area contributed by atoms with E-state index in [2.05, 4.69) is 15.3 Å². The summed E-state index contributed by atoms with van der Waals surface area (Å²) in [5, 5.41) is 1.78. The van der Waals surface area contributed by atoms with Crippen LogP contribution in [0.5, 0.6) is 0 Å². The number of anilines is 1. The van der Waals surface area contributed by atoms with Gasteiger partial charge in [0.2, 0.25) is 5.82 Å². The van der Waals surface area contributed by atoms with Gasteiger partial charge in [0.25, 0.3) is 0 Å². The highest BCUT2D eigenvalue weighted by Crippen LogP contribution is 2.17. The summed E-state index contributed by atoms with van der Waals surface area (Å²) in [6, 6.07) is 9.09. The minimum Gasteiger partial charge on any atom is -0.444 e. The summed E-state index contributed by atoms with van der Waals surface area (Å²) in [6.45, 7) is 0.0765. The Morgan fingerprint density at radius 2 is 2.05 bits per heavy atom. The van der Waals surface area contributed by atoms with E-state index in [1.165, 1.54) is 0 Å². The molecule has 1 aromatic carbocycles. The molecule has 7 heteroatoms. The summed E-state index contributed by atoms with van der Waals surface area (Å²) in [5.74, 6) is -1.22. The molecule has 1 N–H and O–H groups in total. The van der Waals surface area contributed by atoms with Crippen LogP contribution < -0.4 is 5.32 Å². The first-order chi connectivity index (χ1) is 9.16. The second-order valence-corrected chi connectivity index (χ2v) is 3.87. The van der Waals surface area contributed by atoms with Crippen LogP contribution >= 0.6 is 11.6 Å². The minimum absolute atomic E-state index is 0.0765. The average molecular weight is 282 g/mol. The van der Waals surface area contributed by atoms with Crippen molar-refractivity contribution in [3.63, 3.8) is 0 Å². The van der Waals surface area contributed by atoms with Gasteiger partial charge >= 0.3 is 6.09 Å². The van der Waals surface area contributed by atoms with E-state index < -0.39 is 11.9 Å². The van der Waals surface area contributed by atoms with E-state index >= 15 is 0 Å². The fourth-order valence-corrected chi connectivity index (χ4v) is 1.42. The van der Waals surface area contributed by atoms with Gasteiger partial charge in [0.1, 0.15) is 12.9 Å². The summed E-state index contributed by atoms with van der Waals surface area (Å²) in [5.41, 5.74) is 0.818. The van der Waals surface area contributed by atoms with Crippen molar-refractivity contribution in [2.45, 2.75) is 6.61 Å². The van der Waals surface area contributed by atoms with Gasteiger partial charge in [0, 0.05) is 0 Å². The van der Waals surface area contributed by atoms with E-state index in [0.29, 0.717) is 0 Å². The number of carbonyl (C=O) groups is 1. The van der Waals surface area contributed by atoms with E-state index in [0.717, 1.165) is 11.9 Å². The van der Waals surface area contributed by atoms with Crippen LogP contribution in [0.3, 0.4) is 0 Å². The number of carbonyl (C=O) groups excluding carboxylic acids is 1. The molecular weight excluding hydrogens is 273 g/mol. The molecule has 0 atom stereocenters. The number of halogens is 2. The van der Waals surface area contributed by atoms with Gasteiger partial charge in [0.05, 0.1) is 0 Å². The third-order valence-electron chi connectivity index (χ3n) is 2.18. The molecule has 0 aliphatic heterocycles. The van der Waals surface area contributed by atoms with Gasteiger partial charge in [0.15, 0.2) is 11.0 Å². The predicted octanol–water partition coefficient (Wildman–Crippen LogP) is 3.02. The smallest absolute Gasteiger partial charge is 0.413 e. The monoisotopic (exact) mass is 281 g/mol. The number of ether oxygens (including phenoxy) is 1. The van der Waals surface area contributed by atoms with Crippen LogP contribution in [0.1, 0.15) is 5.56 Å². The topological polar surface area (TPSA) is 64.1 Å². The lowest BCUT2D eigenvalue weighted by Gasteiger charge is -2.07. The van der Waals surface area contributed by atoms with E-state index in [-0.39, 0.29) is 17.6 Å². The van der Waals surface area contributed by atoms with Gasteiger partial charge in [-0.25, -0.2) is 14.8 Å². The summed E-state index contributed by atoms with van der Waals surface area (Å²) in [6.07, 6.45) is 0.218. The quantitative estimate of drug-likeness (QED) is 0.878. The minimum atomic E-state index is -0.902. The molecule has 98 valence electrons. The first-order valence-electron chi connectivity index (χ1n) is 5.30. The molecule has 2 rings (SSSR count). The van der Waals surface area contributed by atoms with Crippen LogP contribution in [0.4, 0.5) is 15.0 Å². The molecule has 0 spiro atoms. The van der Waals surface area contributed by atoms with Gasteiger partial charge in [-0.15, -0.1) is 0 Å². The van der Waals surface area contributed by atoms with Crippen molar-refractivity contribution >= 4 is 23.5 Å². The Balaban J connectivity index is 1.93. The molecule has 1 aromatic heterocycles. The number of amides is 1. The average Bonchev–Trinajstić information content (AvgIpc) is 2.43. The highest BCUT2D eigenvalue weighted by atomic mass is 35.5. The number of hydrogen-bond acceptors (Lipinski definition) is 4. The van der Waals surface area contributed by atoms with Crippen LogP contribution in [-0.4, -0.2) is 16.1 Å². The van der Waals surface area contributed by atoms with Crippen molar-refractivity contribution in [2.75, 3.05) is 5.32 Å². The maximum Gasteiger partial charge on any atom is 0.413 e. The first kappa shape index (κ1) is 13.2. The van der Waals surface area contributed by atoms with E-state index in [4.69, 9.17) is 16.3 Å². The van der Waals surface area contributed by atoms with Crippen molar-refractivity contribution in [1.29, 1.82) is 0 Å². The highest BCUT2D eigenvalue weighted by molar-refractivity contribution is 6.29. The number of rotatable bonds is 3. The molecule has 2 aromatic rings. The van der Waals surface area contributed by atoms with Gasteiger partial charge in [-0.2, -0.15) is 4.39 Å². The highest BCUT2D eigenvalue weighted by Gasteiger charge is 2.12. The Morgan fingerprint density at radius 3 is 2.79 bits per heavy atom. The zero-order chi connectivity index (χ0) is 13.7. The Kier molecular flexibility index (Phi) is 4.25. The molecule has 0 aliphatic carbocycles. The Hall–Kier alpha value is -2.21. The molecule has 0 saturated heterocycles. The Morgan fingerprint density at radius 1 is 1.32 bits per heavy atom. The standard InChI is InChI=1S/C12H9ClFN3O2/c13-10-9(14)11(16-7-15-10)17-12(18)19-6-8-4-2-1-3-5-8/h1-5,7H,6H2,(H,15,16,17,18). The van der Waals surface area contributed by atoms with E-state index in [9.17, 15) is 9.18 Å². The normalized spacial score (nSPS) is 10.0. The van der Waals surface area contributed by atoms with E-state index in [1.54, 1.807) is 12.1 Å². The Labute approximate surface area is 113 Å². The van der Waals surface area contributed by atoms with Crippen molar-refractivity contribution in [1.82, 2.24) is 9.97 Å². The maximum atomic E-state index is 13.4. The second-order valence-electron chi connectivity index (χ2n) is 3.51. The molecule has 0 fully saturated rings. The molecule has 1 heterocycles. The zero-order valence-corrected chi connectivity index (χ0v) is 10.4. The SMILES string of the molecule is O=C(Nc1ncnc(Cl)c1F)OCc1ccccc1. The molecule has 0 radical (unpaired) electrons. The number of nitrogens with one attached hydrogen (secondary N) is 1. The zero-order valence-electron chi connectivity index (χ0n) is 9.64. The Bertz CT molecular complexity index is 580. The van der Waals surface area contributed by atoms with Crippen LogP contribution in [0.2, 0.25) is 5.15 Å². The molecule has 0 saturated carbocycles. The van der Waals surface area contributed by atoms with Crippen molar-refractivity contribution < 1.29 is 13.9 Å². The molecule has 0 unspecified atom stereocenters. The van der Waals surface area contributed by atoms with Crippen molar-refractivity contribution in [3.05, 3.63) is 53.2 Å². The number of nitrogens with zero attached hydrogens (tertiary/aromatic N) is 2. The predicted molar refractivity (Wildman–Crippen MR) is 67.2 cm³/mol. The largest absolute Gasteiger partial charge is 0.444 e. The third kappa shape index (κ3) is 3.62. The molecular formula is C12H9ClFN3O2. The maximum absolute atomic E-state index is 13.4. The fourth-order valence-electron chi connectivity index (χ4n) is 1.29. The number of hydrogen-bond donors (Lipinski definition) is 1. The number of aromatic nitrogens is 2. The van der Waals surface area contributed by atoms with Gasteiger partial charge in [-0.3, -0.25) is 5.32 Å². The summed E-state index contributed by atoms with van der Waals surface area (Å²) < 4.78 is 18.3. The van der Waals surface area contributed by atoms with Crippen LogP contribution in [0.25, 0.3) is 0 Å². The lowest BCUT2D eigenvalue weighted by atomic mass is 10.2. The van der Waals surface area contributed by atoms with Gasteiger partial charge < -0.3 is 4.74 Å². The van der Waals surface area contributed by atoms with Gasteiger partial charge in [-0.1, -0.05) is 41.9 Å². The fraction of sp³-hybridized carbons (Fsp3) is 0.0833. The lowest BCUT2D eigenvalue weighted by Crippen LogP contribution is -2.15. The molecule has 0 aliphatic rings. The van der Waals surface area contributed by atoms with E-state index in [1.807, 2.05) is 18.2 Å². The molecule has 5 nitrogen and oxygen atoms in total. The van der Waals surface area contributed by atoms with Gasteiger partial charge in [-0.05, 0) is 5.56 Å².